The van der Waals surface area contributed by atoms with Crippen LogP contribution in [0.2, 0.25) is 0 Å². The lowest BCUT2D eigenvalue weighted by molar-refractivity contribution is 0.620. The van der Waals surface area contributed by atoms with E-state index in [1.54, 1.807) is 0 Å². The highest BCUT2D eigenvalue weighted by Gasteiger charge is 2.13. The van der Waals surface area contributed by atoms with Crippen LogP contribution in [-0.4, -0.2) is 13.0 Å². The Labute approximate surface area is 96.9 Å². The van der Waals surface area contributed by atoms with Crippen molar-refractivity contribution < 1.29 is 15.4 Å². The van der Waals surface area contributed by atoms with Crippen LogP contribution in [-0.2, 0) is 0 Å². The van der Waals surface area contributed by atoms with E-state index in [0.717, 1.165) is 6.07 Å². The molecule has 0 unspecified atom stereocenters. The standard InChI is InChI=1S/C10H11BrFN/c11-9-4-3-8(7-10(9)12)13-5-1-2-6-13/h3-4,7H,1-2,5-6H2/i1D2,2D2,5D2,6D2. The minimum atomic E-state index is -3.13. The second-order valence-corrected chi connectivity index (χ2v) is 3.26. The van der Waals surface area contributed by atoms with Gasteiger partial charge in [0, 0.05) is 29.6 Å². The molecule has 0 spiro atoms. The summed E-state index contributed by atoms with van der Waals surface area (Å²) in [5.74, 6) is -0.785. The number of anilines is 1. The Kier molecular flexibility index (Phi) is 0.996. The van der Waals surface area contributed by atoms with E-state index in [9.17, 15) is 4.39 Å². The maximum atomic E-state index is 13.6. The predicted molar refractivity (Wildman–Crippen MR) is 55.5 cm³/mol. The van der Waals surface area contributed by atoms with E-state index in [0.29, 0.717) is 4.90 Å². The van der Waals surface area contributed by atoms with Gasteiger partial charge in [0.2, 0.25) is 0 Å². The van der Waals surface area contributed by atoms with Crippen molar-refractivity contribution in [3.05, 3.63) is 28.5 Å². The molecule has 1 nitrogen and oxygen atoms in total. The first-order chi connectivity index (χ1) is 9.28. The van der Waals surface area contributed by atoms with Gasteiger partial charge in [-0.3, -0.25) is 0 Å². The van der Waals surface area contributed by atoms with Crippen LogP contribution >= 0.6 is 15.9 Å². The highest BCUT2D eigenvalue weighted by Crippen LogP contribution is 2.24. The SMILES string of the molecule is [2H]C1([2H])N(c2ccc(Br)c(F)c2)C([2H])([2H])C([2H])([2H])C1([2H])[2H]. The topological polar surface area (TPSA) is 3.24 Å². The molecular formula is C10H11BrFN. The Morgan fingerprint density at radius 1 is 1.38 bits per heavy atom. The maximum absolute atomic E-state index is 13.6. The molecule has 1 fully saturated rings. The van der Waals surface area contributed by atoms with Crippen molar-refractivity contribution in [1.29, 1.82) is 0 Å². The molecule has 1 saturated heterocycles. The maximum Gasteiger partial charge on any atom is 0.139 e. The molecule has 1 aliphatic rings. The minimum absolute atomic E-state index is 0.0811. The van der Waals surface area contributed by atoms with E-state index >= 15 is 0 Å². The summed E-state index contributed by atoms with van der Waals surface area (Å²) in [5, 5.41) is 0. The third-order valence-electron chi connectivity index (χ3n) is 1.56. The number of nitrogens with zero attached hydrogens (tertiary/aromatic N) is 1. The molecule has 0 aliphatic carbocycles. The number of hydrogen-bond acceptors (Lipinski definition) is 1. The Morgan fingerprint density at radius 2 is 2.08 bits per heavy atom. The van der Waals surface area contributed by atoms with Crippen LogP contribution in [0.25, 0.3) is 0 Å². The van der Waals surface area contributed by atoms with Gasteiger partial charge in [-0.25, -0.2) is 4.39 Å². The van der Waals surface area contributed by atoms with Crippen LogP contribution in [0.15, 0.2) is 22.7 Å². The molecular weight excluding hydrogens is 233 g/mol. The molecule has 0 bridgehead atoms. The summed E-state index contributed by atoms with van der Waals surface area (Å²) >= 11 is 2.91. The molecule has 13 heavy (non-hydrogen) atoms. The van der Waals surface area contributed by atoms with Gasteiger partial charge in [0.05, 0.1) is 4.47 Å². The fourth-order valence-corrected chi connectivity index (χ4v) is 1.20. The molecule has 70 valence electrons. The summed E-state index contributed by atoms with van der Waals surface area (Å²) in [5.41, 5.74) is -0.282. The lowest BCUT2D eigenvalue weighted by Gasteiger charge is -2.17. The zero-order valence-corrected chi connectivity index (χ0v) is 8.02. The van der Waals surface area contributed by atoms with E-state index in [2.05, 4.69) is 15.9 Å². The Morgan fingerprint density at radius 3 is 2.69 bits per heavy atom. The van der Waals surface area contributed by atoms with Gasteiger partial charge in [-0.2, -0.15) is 0 Å². The van der Waals surface area contributed by atoms with Gasteiger partial charge in [-0.1, -0.05) is 0 Å². The quantitative estimate of drug-likeness (QED) is 0.742. The van der Waals surface area contributed by atoms with E-state index in [1.807, 2.05) is 0 Å². The van der Waals surface area contributed by atoms with Crippen molar-refractivity contribution in [3.63, 3.8) is 0 Å². The van der Waals surface area contributed by atoms with E-state index in [-0.39, 0.29) is 10.2 Å². The van der Waals surface area contributed by atoms with Crippen molar-refractivity contribution in [2.24, 2.45) is 0 Å². The second-order valence-electron chi connectivity index (χ2n) is 2.41. The van der Waals surface area contributed by atoms with Gasteiger partial charge in [-0.05, 0) is 46.9 Å². The number of rotatable bonds is 1. The highest BCUT2D eigenvalue weighted by molar-refractivity contribution is 9.10. The van der Waals surface area contributed by atoms with Gasteiger partial charge in [-0.15, -0.1) is 0 Å². The first-order valence-corrected chi connectivity index (χ1v) is 4.33. The molecule has 0 radical (unpaired) electrons. The lowest BCUT2D eigenvalue weighted by Crippen LogP contribution is -2.17. The van der Waals surface area contributed by atoms with E-state index in [4.69, 9.17) is 11.0 Å². The minimum Gasteiger partial charge on any atom is -0.371 e. The summed E-state index contributed by atoms with van der Waals surface area (Å²) in [7, 11) is 0. The molecule has 3 heteroatoms. The number of benzene rings is 1. The summed E-state index contributed by atoms with van der Waals surface area (Å²) in [6.45, 7) is -6.00. The van der Waals surface area contributed by atoms with Gasteiger partial charge in [0.25, 0.3) is 0 Å². The Hall–Kier alpha value is -0.570. The zero-order valence-electron chi connectivity index (χ0n) is 14.4. The average molecular weight is 252 g/mol. The van der Waals surface area contributed by atoms with Crippen LogP contribution in [0, 0.1) is 5.82 Å². The summed E-state index contributed by atoms with van der Waals surface area (Å²) in [6, 6.07) is 3.25. The van der Waals surface area contributed by atoms with E-state index in [1.165, 1.54) is 12.1 Å². The van der Waals surface area contributed by atoms with Crippen molar-refractivity contribution >= 4 is 21.6 Å². The Balaban J connectivity index is 2.69. The fourth-order valence-electron chi connectivity index (χ4n) is 0.949. The third kappa shape index (κ3) is 1.85. The number of halogens is 2. The Bertz CT molecular complexity index is 564. The summed E-state index contributed by atoms with van der Waals surface area (Å²) in [4.78, 5) is 0.315. The van der Waals surface area contributed by atoms with Crippen LogP contribution in [0.3, 0.4) is 0 Å². The van der Waals surface area contributed by atoms with Crippen LogP contribution in [0.1, 0.15) is 23.7 Å². The monoisotopic (exact) mass is 251 g/mol. The first kappa shape index (κ1) is 3.54. The lowest BCUT2D eigenvalue weighted by atomic mass is 10.3. The molecule has 0 N–H and O–H groups in total. The van der Waals surface area contributed by atoms with Crippen LogP contribution in [0.4, 0.5) is 10.1 Å². The molecule has 0 saturated carbocycles. The van der Waals surface area contributed by atoms with Crippen LogP contribution < -0.4 is 4.90 Å². The zero-order chi connectivity index (χ0) is 16.4. The molecule has 0 atom stereocenters. The van der Waals surface area contributed by atoms with E-state index < -0.39 is 31.6 Å². The summed E-state index contributed by atoms with van der Waals surface area (Å²) in [6.07, 6.45) is -6.26. The molecule has 1 heterocycles. The van der Waals surface area contributed by atoms with Crippen LogP contribution in [0.5, 0.6) is 0 Å². The molecule has 1 aromatic carbocycles. The number of hydrogen-bond donors (Lipinski definition) is 0. The normalized spacial score (nSPS) is 41.2. The molecule has 2 rings (SSSR count). The van der Waals surface area contributed by atoms with Gasteiger partial charge in [0.1, 0.15) is 5.82 Å². The van der Waals surface area contributed by atoms with Gasteiger partial charge in [0.15, 0.2) is 0 Å². The predicted octanol–water partition coefficient (Wildman–Crippen LogP) is 3.19. The molecule has 0 aromatic heterocycles. The summed E-state index contributed by atoms with van der Waals surface area (Å²) < 4.78 is 75.6. The van der Waals surface area contributed by atoms with Crippen molar-refractivity contribution in [2.75, 3.05) is 17.9 Å². The third-order valence-corrected chi connectivity index (χ3v) is 2.20. The molecule has 1 aromatic rings. The van der Waals surface area contributed by atoms with Gasteiger partial charge < -0.3 is 4.90 Å². The molecule has 1 aliphatic heterocycles. The smallest absolute Gasteiger partial charge is 0.139 e. The average Bonchev–Trinajstić information content (AvgIpc) is 2.38. The van der Waals surface area contributed by atoms with Gasteiger partial charge >= 0.3 is 0 Å². The van der Waals surface area contributed by atoms with Crippen molar-refractivity contribution in [3.8, 4) is 0 Å². The van der Waals surface area contributed by atoms with Crippen molar-refractivity contribution in [2.45, 2.75) is 12.7 Å². The molecule has 0 amide bonds. The first-order valence-electron chi connectivity index (χ1n) is 7.54. The largest absolute Gasteiger partial charge is 0.371 e. The fraction of sp³-hybridized carbons (Fsp3) is 0.400. The second kappa shape index (κ2) is 3.66. The van der Waals surface area contributed by atoms with Crippen molar-refractivity contribution in [1.82, 2.24) is 0 Å². The highest BCUT2D eigenvalue weighted by atomic mass is 79.9.